The highest BCUT2D eigenvalue weighted by atomic mass is 79.9. The van der Waals surface area contributed by atoms with Gasteiger partial charge in [-0.3, -0.25) is 9.78 Å². The standard InChI is InChI=1S/C13H10BrN3O3S/c14-8-1-3-10(16-6-8)7-17-13(18)11-5-9(15)2-4-12(11)21(17,19)20/h1-6H,7,15H2. The Balaban J connectivity index is 2.02. The van der Waals surface area contributed by atoms with Crippen molar-refractivity contribution in [2.75, 3.05) is 5.73 Å². The van der Waals surface area contributed by atoms with Crippen LogP contribution in [0.25, 0.3) is 0 Å². The summed E-state index contributed by atoms with van der Waals surface area (Å²) in [5.74, 6) is -0.581. The number of anilines is 1. The smallest absolute Gasteiger partial charge is 0.269 e. The maximum atomic E-state index is 12.4. The van der Waals surface area contributed by atoms with E-state index in [9.17, 15) is 13.2 Å². The summed E-state index contributed by atoms with van der Waals surface area (Å²) in [7, 11) is -3.84. The first-order valence-corrected chi connectivity index (χ1v) is 8.20. The van der Waals surface area contributed by atoms with Crippen molar-refractivity contribution in [3.8, 4) is 0 Å². The Morgan fingerprint density at radius 3 is 2.67 bits per heavy atom. The molecule has 0 spiro atoms. The minimum atomic E-state index is -3.84. The van der Waals surface area contributed by atoms with E-state index in [-0.39, 0.29) is 17.0 Å². The third kappa shape index (κ3) is 2.30. The van der Waals surface area contributed by atoms with Crippen molar-refractivity contribution in [1.29, 1.82) is 0 Å². The molecule has 6 nitrogen and oxygen atoms in total. The van der Waals surface area contributed by atoms with E-state index in [1.54, 1.807) is 18.3 Å². The average molecular weight is 368 g/mol. The number of nitrogen functional groups attached to an aromatic ring is 1. The number of nitrogens with two attached hydrogens (primary N) is 1. The normalized spacial score (nSPS) is 16.0. The van der Waals surface area contributed by atoms with Crippen molar-refractivity contribution >= 4 is 37.5 Å². The second kappa shape index (κ2) is 4.81. The van der Waals surface area contributed by atoms with Gasteiger partial charge in [0.1, 0.15) is 4.90 Å². The Hall–Kier alpha value is -1.93. The summed E-state index contributed by atoms with van der Waals surface area (Å²) in [6.45, 7) is -0.108. The molecule has 0 fully saturated rings. The van der Waals surface area contributed by atoms with Gasteiger partial charge in [-0.05, 0) is 46.3 Å². The highest BCUT2D eigenvalue weighted by Gasteiger charge is 2.41. The molecule has 0 saturated carbocycles. The zero-order chi connectivity index (χ0) is 15.2. The van der Waals surface area contributed by atoms with Gasteiger partial charge in [-0.1, -0.05) is 0 Å². The summed E-state index contributed by atoms with van der Waals surface area (Å²) in [5.41, 5.74) is 6.55. The molecule has 0 saturated heterocycles. The quantitative estimate of drug-likeness (QED) is 0.816. The zero-order valence-electron chi connectivity index (χ0n) is 10.7. The Bertz CT molecular complexity index is 834. The molecule has 0 radical (unpaired) electrons. The molecule has 1 amide bonds. The fourth-order valence-corrected chi connectivity index (χ4v) is 3.86. The van der Waals surface area contributed by atoms with E-state index in [4.69, 9.17) is 5.73 Å². The summed E-state index contributed by atoms with van der Waals surface area (Å²) < 4.78 is 26.4. The van der Waals surface area contributed by atoms with Crippen LogP contribution in [0.5, 0.6) is 0 Å². The molecular weight excluding hydrogens is 358 g/mol. The molecule has 0 bridgehead atoms. The van der Waals surface area contributed by atoms with E-state index in [1.807, 2.05) is 0 Å². The highest BCUT2D eigenvalue weighted by molar-refractivity contribution is 9.10. The summed E-state index contributed by atoms with van der Waals surface area (Å²) in [6.07, 6.45) is 1.55. The second-order valence-electron chi connectivity index (χ2n) is 4.54. The topological polar surface area (TPSA) is 93.4 Å². The number of sulfonamides is 1. The van der Waals surface area contributed by atoms with Crippen molar-refractivity contribution in [2.24, 2.45) is 0 Å². The van der Waals surface area contributed by atoms with Crippen molar-refractivity contribution < 1.29 is 13.2 Å². The van der Waals surface area contributed by atoms with Gasteiger partial charge in [0.2, 0.25) is 0 Å². The first kappa shape index (κ1) is 14.0. The van der Waals surface area contributed by atoms with Crippen LogP contribution in [-0.2, 0) is 16.6 Å². The maximum Gasteiger partial charge on any atom is 0.269 e. The molecule has 1 aromatic heterocycles. The second-order valence-corrected chi connectivity index (χ2v) is 7.29. The number of carbonyl (C=O) groups excluding carboxylic acids is 1. The first-order chi connectivity index (χ1) is 9.89. The van der Waals surface area contributed by atoms with Gasteiger partial charge >= 0.3 is 0 Å². The van der Waals surface area contributed by atoms with Crippen LogP contribution in [0.4, 0.5) is 5.69 Å². The van der Waals surface area contributed by atoms with Crippen molar-refractivity contribution in [1.82, 2.24) is 9.29 Å². The fraction of sp³-hybridized carbons (Fsp3) is 0.0769. The lowest BCUT2D eigenvalue weighted by Crippen LogP contribution is -2.29. The van der Waals surface area contributed by atoms with Gasteiger partial charge in [-0.25, -0.2) is 12.7 Å². The lowest BCUT2D eigenvalue weighted by molar-refractivity contribution is 0.0864. The number of fused-ring (bicyclic) bond motifs is 1. The summed E-state index contributed by atoms with van der Waals surface area (Å²) >= 11 is 3.25. The zero-order valence-corrected chi connectivity index (χ0v) is 13.1. The molecule has 21 heavy (non-hydrogen) atoms. The molecule has 2 aromatic rings. The molecule has 0 aliphatic carbocycles. The highest BCUT2D eigenvalue weighted by Crippen LogP contribution is 2.32. The number of benzene rings is 1. The molecule has 1 aliphatic rings. The largest absolute Gasteiger partial charge is 0.399 e. The van der Waals surface area contributed by atoms with E-state index in [0.717, 1.165) is 8.78 Å². The third-order valence-corrected chi connectivity index (χ3v) is 5.38. The number of hydrogen-bond donors (Lipinski definition) is 1. The van der Waals surface area contributed by atoms with Crippen LogP contribution in [0.1, 0.15) is 16.1 Å². The van der Waals surface area contributed by atoms with Crippen LogP contribution in [-0.4, -0.2) is 23.6 Å². The fourth-order valence-electron chi connectivity index (χ4n) is 2.11. The van der Waals surface area contributed by atoms with Gasteiger partial charge in [0, 0.05) is 16.4 Å². The molecule has 8 heteroatoms. The number of rotatable bonds is 2. The summed E-state index contributed by atoms with van der Waals surface area (Å²) in [4.78, 5) is 16.4. The Morgan fingerprint density at radius 1 is 1.24 bits per heavy atom. The average Bonchev–Trinajstić information content (AvgIpc) is 2.62. The van der Waals surface area contributed by atoms with E-state index in [2.05, 4.69) is 20.9 Å². The van der Waals surface area contributed by atoms with E-state index < -0.39 is 15.9 Å². The van der Waals surface area contributed by atoms with Gasteiger partial charge in [-0.15, -0.1) is 0 Å². The minimum absolute atomic E-state index is 0.0150. The van der Waals surface area contributed by atoms with E-state index >= 15 is 0 Å². The lowest BCUT2D eigenvalue weighted by atomic mass is 10.2. The number of hydrogen-bond acceptors (Lipinski definition) is 5. The summed E-state index contributed by atoms with van der Waals surface area (Å²) in [5, 5.41) is 0. The van der Waals surface area contributed by atoms with Crippen LogP contribution >= 0.6 is 15.9 Å². The molecule has 3 rings (SSSR count). The predicted molar refractivity (Wildman–Crippen MR) is 79.9 cm³/mol. The Kier molecular flexibility index (Phi) is 3.22. The molecule has 1 aromatic carbocycles. The van der Waals surface area contributed by atoms with E-state index in [1.165, 1.54) is 18.2 Å². The third-order valence-electron chi connectivity index (χ3n) is 3.12. The van der Waals surface area contributed by atoms with Crippen LogP contribution in [0.15, 0.2) is 45.9 Å². The van der Waals surface area contributed by atoms with Crippen LogP contribution in [0.3, 0.4) is 0 Å². The molecule has 2 heterocycles. The number of amides is 1. The number of halogens is 1. The minimum Gasteiger partial charge on any atom is -0.399 e. The predicted octanol–water partition coefficient (Wildman–Crippen LogP) is 1.77. The van der Waals surface area contributed by atoms with Gasteiger partial charge in [0.25, 0.3) is 15.9 Å². The lowest BCUT2D eigenvalue weighted by Gasteiger charge is -2.14. The first-order valence-electron chi connectivity index (χ1n) is 5.96. The number of aromatic nitrogens is 1. The monoisotopic (exact) mass is 367 g/mol. The SMILES string of the molecule is Nc1ccc2c(c1)C(=O)N(Cc1ccc(Br)cn1)S2(=O)=O. The van der Waals surface area contributed by atoms with Crippen LogP contribution < -0.4 is 5.73 Å². The number of carbonyl (C=O) groups is 1. The van der Waals surface area contributed by atoms with Crippen molar-refractivity contribution in [3.05, 3.63) is 52.3 Å². The van der Waals surface area contributed by atoms with Crippen molar-refractivity contribution in [2.45, 2.75) is 11.4 Å². The number of pyridine rings is 1. The van der Waals surface area contributed by atoms with Crippen LogP contribution in [0.2, 0.25) is 0 Å². The molecule has 0 unspecified atom stereocenters. The molecular formula is C13H10BrN3O3S. The van der Waals surface area contributed by atoms with Crippen molar-refractivity contribution in [3.63, 3.8) is 0 Å². The molecule has 1 aliphatic heterocycles. The van der Waals surface area contributed by atoms with Gasteiger partial charge in [-0.2, -0.15) is 0 Å². The van der Waals surface area contributed by atoms with Gasteiger partial charge < -0.3 is 5.73 Å². The van der Waals surface area contributed by atoms with Crippen LogP contribution in [0, 0.1) is 0 Å². The molecule has 2 N–H and O–H groups in total. The molecule has 0 atom stereocenters. The summed E-state index contributed by atoms with van der Waals surface area (Å²) in [6, 6.07) is 7.59. The molecule has 108 valence electrons. The van der Waals surface area contributed by atoms with E-state index in [0.29, 0.717) is 11.4 Å². The van der Waals surface area contributed by atoms with Gasteiger partial charge in [0.15, 0.2) is 0 Å². The van der Waals surface area contributed by atoms with Gasteiger partial charge in [0.05, 0.1) is 17.8 Å². The Labute approximate surface area is 129 Å². The Morgan fingerprint density at radius 2 is 2.00 bits per heavy atom. The number of nitrogens with zero attached hydrogens (tertiary/aromatic N) is 2. The maximum absolute atomic E-state index is 12.4.